The van der Waals surface area contributed by atoms with Crippen LogP contribution in [0.2, 0.25) is 5.02 Å². The predicted molar refractivity (Wildman–Crippen MR) is 135 cm³/mol. The molecule has 0 aromatic heterocycles. The van der Waals surface area contributed by atoms with Gasteiger partial charge in [0.15, 0.2) is 0 Å². The third-order valence-corrected chi connectivity index (χ3v) is 7.87. The van der Waals surface area contributed by atoms with E-state index < -0.39 is 0 Å². The van der Waals surface area contributed by atoms with Crippen LogP contribution in [0.4, 0.5) is 11.4 Å². The van der Waals surface area contributed by atoms with Crippen molar-refractivity contribution in [1.29, 1.82) is 0 Å². The molecule has 3 N–H and O–H groups in total. The third-order valence-electron chi connectivity index (χ3n) is 7.24. The lowest BCUT2D eigenvalue weighted by atomic mass is 9.89. The Labute approximate surface area is 200 Å². The number of nitrogens with zero attached hydrogens (tertiary/aromatic N) is 3. The summed E-state index contributed by atoms with van der Waals surface area (Å²) in [5.74, 6) is 2.79. The molecule has 2 aliphatic carbocycles. The van der Waals surface area contributed by atoms with Gasteiger partial charge in [0.05, 0.1) is 29.6 Å². The standard InChI is InChI=1S/C24H30ClN5OS/c1-31-19-8-5-15(6-9-19)23-12-21(27-30(23)22-10-7-18(26)11-20(22)25)24(32)28-29-13-16-3-2-4-17(16)14-29/h5,7-11,15-17,23H,2-4,6,12-14,26H2,1H3,(H,28,32). The summed E-state index contributed by atoms with van der Waals surface area (Å²) >= 11 is 12.4. The molecule has 1 aromatic rings. The molecule has 5 rings (SSSR count). The molecular weight excluding hydrogens is 442 g/mol. The average Bonchev–Trinajstić information content (AvgIpc) is 3.49. The number of nitrogen functional groups attached to an aromatic ring is 1. The van der Waals surface area contributed by atoms with Crippen LogP contribution in [0.25, 0.3) is 0 Å². The van der Waals surface area contributed by atoms with E-state index in [-0.39, 0.29) is 12.0 Å². The van der Waals surface area contributed by atoms with Gasteiger partial charge in [0.25, 0.3) is 0 Å². The number of hydrazone groups is 1. The lowest BCUT2D eigenvalue weighted by Gasteiger charge is -2.30. The lowest BCUT2D eigenvalue weighted by molar-refractivity contribution is 0.274. The minimum atomic E-state index is 0.120. The summed E-state index contributed by atoms with van der Waals surface area (Å²) in [6.45, 7) is 2.15. The first kappa shape index (κ1) is 21.7. The Morgan fingerprint density at radius 1 is 1.28 bits per heavy atom. The molecule has 2 aliphatic heterocycles. The third kappa shape index (κ3) is 4.26. The Bertz CT molecular complexity index is 981. The van der Waals surface area contributed by atoms with Gasteiger partial charge in [-0.15, -0.1) is 0 Å². The average molecular weight is 472 g/mol. The van der Waals surface area contributed by atoms with Crippen molar-refractivity contribution in [2.45, 2.75) is 38.1 Å². The van der Waals surface area contributed by atoms with E-state index in [2.05, 4.69) is 22.6 Å². The molecule has 2 fully saturated rings. The number of ether oxygens (including phenoxy) is 1. The highest BCUT2D eigenvalue weighted by molar-refractivity contribution is 7.82. The number of hydrogen-bond donors (Lipinski definition) is 2. The smallest absolute Gasteiger partial charge is 0.137 e. The molecule has 0 amide bonds. The van der Waals surface area contributed by atoms with Gasteiger partial charge in [0, 0.05) is 31.1 Å². The number of benzene rings is 1. The maximum absolute atomic E-state index is 6.58. The molecule has 4 atom stereocenters. The van der Waals surface area contributed by atoms with Crippen LogP contribution in [0, 0.1) is 17.8 Å². The number of methoxy groups -OCH3 is 1. The van der Waals surface area contributed by atoms with Gasteiger partial charge in [-0.25, -0.2) is 5.01 Å². The summed E-state index contributed by atoms with van der Waals surface area (Å²) in [6.07, 6.45) is 12.1. The normalized spacial score (nSPS) is 29.6. The molecule has 1 saturated heterocycles. The fourth-order valence-corrected chi connectivity index (χ4v) is 6.06. The molecule has 4 aliphatic rings. The first-order valence-electron chi connectivity index (χ1n) is 11.4. The molecule has 0 bridgehead atoms. The van der Waals surface area contributed by atoms with Crippen molar-refractivity contribution in [3.63, 3.8) is 0 Å². The SMILES string of the molecule is COC1=CCC(C2CC(C(=S)NN3CC4CCCC4C3)=NN2c2ccc(N)cc2Cl)C=C1. The quantitative estimate of drug-likeness (QED) is 0.486. The van der Waals surface area contributed by atoms with Crippen LogP contribution in [0.1, 0.15) is 32.1 Å². The highest BCUT2D eigenvalue weighted by Gasteiger charge is 2.39. The Balaban J connectivity index is 1.35. The number of fused-ring (bicyclic) bond motifs is 1. The van der Waals surface area contributed by atoms with Crippen LogP contribution in [0.15, 0.2) is 47.3 Å². The van der Waals surface area contributed by atoms with E-state index in [4.69, 9.17) is 39.4 Å². The summed E-state index contributed by atoms with van der Waals surface area (Å²) in [5.41, 5.74) is 11.8. The van der Waals surface area contributed by atoms with Gasteiger partial charge in [-0.1, -0.05) is 36.3 Å². The topological polar surface area (TPSA) is 66.1 Å². The summed E-state index contributed by atoms with van der Waals surface area (Å²) < 4.78 is 5.37. The predicted octanol–water partition coefficient (Wildman–Crippen LogP) is 4.53. The van der Waals surface area contributed by atoms with E-state index >= 15 is 0 Å². The van der Waals surface area contributed by atoms with E-state index in [0.717, 1.165) is 59.9 Å². The second-order valence-electron chi connectivity index (χ2n) is 9.24. The number of hydrogen-bond acceptors (Lipinski definition) is 6. The van der Waals surface area contributed by atoms with Crippen molar-refractivity contribution in [3.8, 4) is 0 Å². The molecule has 0 spiro atoms. The van der Waals surface area contributed by atoms with Gasteiger partial charge in [-0.2, -0.15) is 5.10 Å². The minimum Gasteiger partial charge on any atom is -0.497 e. The molecule has 1 saturated carbocycles. The van der Waals surface area contributed by atoms with Gasteiger partial charge >= 0.3 is 0 Å². The van der Waals surface area contributed by atoms with Crippen molar-refractivity contribution < 1.29 is 4.74 Å². The number of allylic oxidation sites excluding steroid dienone is 2. The minimum absolute atomic E-state index is 0.120. The largest absolute Gasteiger partial charge is 0.497 e. The van der Waals surface area contributed by atoms with Crippen LogP contribution in [0.5, 0.6) is 0 Å². The van der Waals surface area contributed by atoms with Crippen LogP contribution >= 0.6 is 23.8 Å². The maximum Gasteiger partial charge on any atom is 0.137 e. The fraction of sp³-hybridized carbons (Fsp3) is 0.500. The van der Waals surface area contributed by atoms with Gasteiger partial charge in [0.1, 0.15) is 10.7 Å². The van der Waals surface area contributed by atoms with Gasteiger partial charge in [-0.3, -0.25) is 5.01 Å². The molecule has 2 heterocycles. The van der Waals surface area contributed by atoms with Crippen molar-refractivity contribution in [3.05, 3.63) is 47.2 Å². The highest BCUT2D eigenvalue weighted by Crippen LogP contribution is 2.39. The van der Waals surface area contributed by atoms with Crippen molar-refractivity contribution in [2.24, 2.45) is 22.9 Å². The highest BCUT2D eigenvalue weighted by atomic mass is 35.5. The Morgan fingerprint density at radius 3 is 2.72 bits per heavy atom. The van der Waals surface area contributed by atoms with E-state index in [1.54, 1.807) is 13.2 Å². The Kier molecular flexibility index (Phi) is 6.14. The van der Waals surface area contributed by atoms with Gasteiger partial charge < -0.3 is 15.9 Å². The first-order valence-corrected chi connectivity index (χ1v) is 12.2. The molecule has 1 aromatic carbocycles. The van der Waals surface area contributed by atoms with Crippen LogP contribution in [0.3, 0.4) is 0 Å². The second-order valence-corrected chi connectivity index (χ2v) is 10.1. The van der Waals surface area contributed by atoms with Gasteiger partial charge in [0.2, 0.25) is 0 Å². The first-order chi connectivity index (χ1) is 15.5. The van der Waals surface area contributed by atoms with Gasteiger partial charge in [-0.05, 0) is 61.4 Å². The zero-order chi connectivity index (χ0) is 22.2. The number of thiocarbonyl (C=S) groups is 1. The number of hydrazine groups is 1. The zero-order valence-corrected chi connectivity index (χ0v) is 19.9. The maximum atomic E-state index is 6.58. The van der Waals surface area contributed by atoms with E-state index in [1.165, 1.54) is 19.3 Å². The van der Waals surface area contributed by atoms with Crippen LogP contribution in [-0.4, -0.2) is 42.0 Å². The van der Waals surface area contributed by atoms with Crippen molar-refractivity contribution in [1.82, 2.24) is 10.4 Å². The zero-order valence-electron chi connectivity index (χ0n) is 18.3. The number of rotatable bonds is 5. The molecule has 170 valence electrons. The summed E-state index contributed by atoms with van der Waals surface area (Å²) in [5, 5.41) is 9.89. The van der Waals surface area contributed by atoms with Crippen molar-refractivity contribution >= 4 is 45.9 Å². The second kappa shape index (κ2) is 9.04. The Hall–Kier alpha value is -2.09. The van der Waals surface area contributed by atoms with Crippen LogP contribution < -0.4 is 16.2 Å². The number of halogens is 1. The molecule has 8 heteroatoms. The summed E-state index contributed by atoms with van der Waals surface area (Å²) in [6, 6.07) is 5.71. The molecule has 4 unspecified atom stereocenters. The van der Waals surface area contributed by atoms with E-state index in [9.17, 15) is 0 Å². The van der Waals surface area contributed by atoms with E-state index in [1.807, 2.05) is 23.2 Å². The number of anilines is 2. The number of nitrogens with one attached hydrogen (secondary N) is 1. The number of nitrogens with two attached hydrogens (primary N) is 1. The molecule has 0 radical (unpaired) electrons. The summed E-state index contributed by atoms with van der Waals surface area (Å²) in [7, 11) is 1.70. The Morgan fingerprint density at radius 2 is 2.06 bits per heavy atom. The van der Waals surface area contributed by atoms with E-state index in [0.29, 0.717) is 10.7 Å². The fourth-order valence-electron chi connectivity index (χ4n) is 5.53. The molecule has 32 heavy (non-hydrogen) atoms. The van der Waals surface area contributed by atoms with Crippen molar-refractivity contribution in [2.75, 3.05) is 30.9 Å². The van der Waals surface area contributed by atoms with Crippen LogP contribution in [-0.2, 0) is 4.74 Å². The monoisotopic (exact) mass is 471 g/mol. The lowest BCUT2D eigenvalue weighted by Crippen LogP contribution is -2.43. The summed E-state index contributed by atoms with van der Waals surface area (Å²) in [4.78, 5) is 0.719. The molecule has 6 nitrogen and oxygen atoms in total. The molecular formula is C24H30ClN5OS.